The molecule has 0 amide bonds. The molecular weight excluding hydrogens is 312 g/mol. The molecule has 5 heteroatoms. The fourth-order valence-electron chi connectivity index (χ4n) is 3.31. The molecule has 0 bridgehead atoms. The lowest BCUT2D eigenvalue weighted by Gasteiger charge is -2.35. The number of aliphatic hydroxyl groups is 1. The molecule has 0 saturated heterocycles. The van der Waals surface area contributed by atoms with Gasteiger partial charge in [0.05, 0.1) is 24.3 Å². The molecule has 2 heterocycles. The van der Waals surface area contributed by atoms with Gasteiger partial charge in [0.25, 0.3) is 0 Å². The summed E-state index contributed by atoms with van der Waals surface area (Å²) in [5, 5.41) is 18.7. The predicted molar refractivity (Wildman–Crippen MR) is 98.1 cm³/mol. The maximum Gasteiger partial charge on any atom is 0.133 e. The molecule has 3 rings (SSSR count). The van der Waals surface area contributed by atoms with Gasteiger partial charge >= 0.3 is 0 Å². The van der Waals surface area contributed by atoms with Gasteiger partial charge in [0, 0.05) is 37.9 Å². The first kappa shape index (κ1) is 17.4. The quantitative estimate of drug-likeness (QED) is 0.933. The molecule has 1 atom stereocenters. The highest BCUT2D eigenvalue weighted by Gasteiger charge is 2.24. The molecule has 1 N–H and O–H groups in total. The summed E-state index contributed by atoms with van der Waals surface area (Å²) in [5.41, 5.74) is 4.04. The Labute approximate surface area is 149 Å². The summed E-state index contributed by atoms with van der Waals surface area (Å²) in [6, 6.07) is 14.2. The highest BCUT2D eigenvalue weighted by molar-refractivity contribution is 5.48. The Hall–Kier alpha value is -2.42. The van der Waals surface area contributed by atoms with Crippen LogP contribution < -0.4 is 4.90 Å². The largest absolute Gasteiger partial charge is 0.394 e. The topological polar surface area (TPSA) is 63.4 Å². The van der Waals surface area contributed by atoms with E-state index in [2.05, 4.69) is 21.9 Å². The second-order valence-corrected chi connectivity index (χ2v) is 6.69. The van der Waals surface area contributed by atoms with Crippen molar-refractivity contribution < 1.29 is 5.11 Å². The number of hydrogen-bond donors (Lipinski definition) is 1. The Bertz CT molecular complexity index is 766. The summed E-state index contributed by atoms with van der Waals surface area (Å²) in [6.45, 7) is 4.67. The van der Waals surface area contributed by atoms with E-state index in [0.29, 0.717) is 5.56 Å². The van der Waals surface area contributed by atoms with Crippen LogP contribution in [0.2, 0.25) is 0 Å². The predicted octanol–water partition coefficient (Wildman–Crippen LogP) is 2.46. The normalized spacial score (nSPS) is 18.2. The summed E-state index contributed by atoms with van der Waals surface area (Å²) in [7, 11) is 2.02. The average molecular weight is 336 g/mol. The van der Waals surface area contributed by atoms with Crippen LogP contribution in [-0.4, -0.2) is 41.2 Å². The Balaban J connectivity index is 1.85. The lowest BCUT2D eigenvalue weighted by molar-refractivity contribution is 0.205. The minimum absolute atomic E-state index is 0.0665. The molecule has 1 aromatic carbocycles. The zero-order chi connectivity index (χ0) is 17.8. The van der Waals surface area contributed by atoms with Crippen molar-refractivity contribution in [2.75, 3.05) is 25.1 Å². The van der Waals surface area contributed by atoms with Crippen molar-refractivity contribution in [2.45, 2.75) is 32.5 Å². The molecule has 1 aliphatic heterocycles. The molecule has 0 unspecified atom stereocenters. The Morgan fingerprint density at radius 3 is 2.68 bits per heavy atom. The van der Waals surface area contributed by atoms with Gasteiger partial charge in [-0.15, -0.1) is 0 Å². The summed E-state index contributed by atoms with van der Waals surface area (Å²) < 4.78 is 0. The van der Waals surface area contributed by atoms with Crippen molar-refractivity contribution in [2.24, 2.45) is 0 Å². The fourth-order valence-corrected chi connectivity index (χ4v) is 3.31. The van der Waals surface area contributed by atoms with Gasteiger partial charge in [-0.2, -0.15) is 5.26 Å². The summed E-state index contributed by atoms with van der Waals surface area (Å²) in [5.74, 6) is 0.962. The van der Waals surface area contributed by atoms with Crippen molar-refractivity contribution in [1.82, 2.24) is 9.88 Å². The molecule has 5 nitrogen and oxygen atoms in total. The lowest BCUT2D eigenvalue weighted by atomic mass is 10.1. The third-order valence-corrected chi connectivity index (χ3v) is 4.85. The Kier molecular flexibility index (Phi) is 5.32. The molecule has 0 aliphatic carbocycles. The van der Waals surface area contributed by atoms with E-state index in [-0.39, 0.29) is 12.6 Å². The maximum atomic E-state index is 9.79. The summed E-state index contributed by atoms with van der Waals surface area (Å²) in [4.78, 5) is 9.21. The van der Waals surface area contributed by atoms with Gasteiger partial charge < -0.3 is 10.0 Å². The molecule has 0 radical (unpaired) electrons. The number of fused-ring (bicyclic) bond motifs is 1. The number of aliphatic hydroxyl groups excluding tert-OH is 1. The van der Waals surface area contributed by atoms with Crippen LogP contribution in [0.5, 0.6) is 0 Å². The number of anilines is 1. The number of aromatic nitrogens is 1. The van der Waals surface area contributed by atoms with Gasteiger partial charge in [0.1, 0.15) is 5.82 Å². The standard InChI is InChI=1S/C20H24N4O/c1-15-3-8-18-13-24(12-17-6-4-16(11-21)5-7-17)10-9-19(14-25)23(2)20(18)22-15/h3-8,19,25H,9-10,12-14H2,1-2H3/t19-/m0/s1. The van der Waals surface area contributed by atoms with Crippen molar-refractivity contribution in [1.29, 1.82) is 5.26 Å². The SMILES string of the molecule is Cc1ccc2c(n1)N(C)[C@H](CO)CCN(Cc1ccc(C#N)cc1)C2. The number of rotatable bonds is 3. The molecule has 2 aromatic rings. The Morgan fingerprint density at radius 2 is 2.00 bits per heavy atom. The van der Waals surface area contributed by atoms with Crippen molar-refractivity contribution >= 4 is 5.82 Å². The van der Waals surface area contributed by atoms with Gasteiger partial charge in [0.15, 0.2) is 0 Å². The third-order valence-electron chi connectivity index (χ3n) is 4.85. The van der Waals surface area contributed by atoms with Gasteiger partial charge in [-0.25, -0.2) is 4.98 Å². The Morgan fingerprint density at radius 1 is 1.24 bits per heavy atom. The second kappa shape index (κ2) is 7.64. The van der Waals surface area contributed by atoms with Gasteiger partial charge in [-0.1, -0.05) is 18.2 Å². The van der Waals surface area contributed by atoms with Crippen molar-refractivity contribution in [3.63, 3.8) is 0 Å². The maximum absolute atomic E-state index is 9.79. The number of pyridine rings is 1. The van der Waals surface area contributed by atoms with Crippen LogP contribution in [-0.2, 0) is 13.1 Å². The number of aryl methyl sites for hydroxylation is 1. The van der Waals surface area contributed by atoms with Crippen molar-refractivity contribution in [3.05, 3.63) is 58.8 Å². The van der Waals surface area contributed by atoms with Crippen LogP contribution in [0, 0.1) is 18.3 Å². The van der Waals surface area contributed by atoms with E-state index >= 15 is 0 Å². The number of benzene rings is 1. The van der Waals surface area contributed by atoms with Crippen LogP contribution in [0.25, 0.3) is 0 Å². The minimum atomic E-state index is 0.0665. The smallest absolute Gasteiger partial charge is 0.133 e. The fraction of sp³-hybridized carbons (Fsp3) is 0.400. The van der Waals surface area contributed by atoms with Gasteiger partial charge in [-0.05, 0) is 37.1 Å². The first-order valence-electron chi connectivity index (χ1n) is 8.62. The van der Waals surface area contributed by atoms with Gasteiger partial charge in [0.2, 0.25) is 0 Å². The van der Waals surface area contributed by atoms with Crippen LogP contribution >= 0.6 is 0 Å². The zero-order valence-electron chi connectivity index (χ0n) is 14.8. The van der Waals surface area contributed by atoms with Crippen LogP contribution in [0.4, 0.5) is 5.82 Å². The van der Waals surface area contributed by atoms with Crippen LogP contribution in [0.1, 0.15) is 28.8 Å². The number of nitrogens with zero attached hydrogens (tertiary/aromatic N) is 4. The zero-order valence-corrected chi connectivity index (χ0v) is 14.8. The molecule has 0 saturated carbocycles. The molecule has 130 valence electrons. The highest BCUT2D eigenvalue weighted by Crippen LogP contribution is 2.25. The molecule has 1 aromatic heterocycles. The first-order valence-corrected chi connectivity index (χ1v) is 8.62. The summed E-state index contributed by atoms with van der Waals surface area (Å²) >= 11 is 0. The molecule has 1 aliphatic rings. The van der Waals surface area contributed by atoms with E-state index in [0.717, 1.165) is 37.6 Å². The van der Waals surface area contributed by atoms with E-state index in [1.807, 2.05) is 44.3 Å². The number of likely N-dealkylation sites (N-methyl/N-ethyl adjacent to an activating group) is 1. The van der Waals surface area contributed by atoms with Crippen LogP contribution in [0.15, 0.2) is 36.4 Å². The number of nitriles is 1. The monoisotopic (exact) mass is 336 g/mol. The van der Waals surface area contributed by atoms with Gasteiger partial charge in [-0.3, -0.25) is 4.90 Å². The van der Waals surface area contributed by atoms with E-state index in [1.165, 1.54) is 11.1 Å². The lowest BCUT2D eigenvalue weighted by Crippen LogP contribution is -2.41. The van der Waals surface area contributed by atoms with E-state index in [4.69, 9.17) is 10.2 Å². The third kappa shape index (κ3) is 3.98. The molecule has 25 heavy (non-hydrogen) atoms. The minimum Gasteiger partial charge on any atom is -0.394 e. The van der Waals surface area contributed by atoms with E-state index in [9.17, 15) is 5.11 Å². The molecular formula is C20H24N4O. The second-order valence-electron chi connectivity index (χ2n) is 6.69. The number of hydrogen-bond acceptors (Lipinski definition) is 5. The molecule has 0 spiro atoms. The molecule has 0 fully saturated rings. The van der Waals surface area contributed by atoms with E-state index < -0.39 is 0 Å². The summed E-state index contributed by atoms with van der Waals surface area (Å²) in [6.07, 6.45) is 0.887. The first-order chi connectivity index (χ1) is 12.1. The van der Waals surface area contributed by atoms with E-state index in [1.54, 1.807) is 0 Å². The average Bonchev–Trinajstić information content (AvgIpc) is 2.62. The van der Waals surface area contributed by atoms with Crippen LogP contribution in [0.3, 0.4) is 0 Å². The van der Waals surface area contributed by atoms with Crippen molar-refractivity contribution in [3.8, 4) is 6.07 Å². The highest BCUT2D eigenvalue weighted by atomic mass is 16.3.